The molecule has 8 nitrogen and oxygen atoms in total. The SMILES string of the molecule is COc1c(N2CCNC(C)C2)c(F)cc2c(=O)c(C(=O)O)cn(C3CC3O)c12. The molecule has 1 aliphatic heterocycles. The highest BCUT2D eigenvalue weighted by atomic mass is 19.1. The van der Waals surface area contributed by atoms with Gasteiger partial charge in [-0.2, -0.15) is 0 Å². The third-order valence-corrected chi connectivity index (χ3v) is 5.40. The van der Waals surface area contributed by atoms with Crippen LogP contribution in [0.4, 0.5) is 10.1 Å². The molecular weight excluding hydrogens is 369 g/mol. The van der Waals surface area contributed by atoms with E-state index in [4.69, 9.17) is 4.74 Å². The number of aliphatic hydroxyl groups is 1. The molecule has 2 aliphatic rings. The normalized spacial score (nSPS) is 24.4. The summed E-state index contributed by atoms with van der Waals surface area (Å²) in [5.74, 6) is -1.85. The lowest BCUT2D eigenvalue weighted by Crippen LogP contribution is -2.49. The molecule has 0 amide bonds. The van der Waals surface area contributed by atoms with E-state index < -0.39 is 28.9 Å². The molecule has 0 radical (unpaired) electrons. The molecule has 3 unspecified atom stereocenters. The van der Waals surface area contributed by atoms with Gasteiger partial charge in [0.1, 0.15) is 11.3 Å². The van der Waals surface area contributed by atoms with Crippen molar-refractivity contribution in [3.63, 3.8) is 0 Å². The molecule has 1 aromatic carbocycles. The van der Waals surface area contributed by atoms with E-state index in [2.05, 4.69) is 5.32 Å². The molecule has 2 aromatic rings. The summed E-state index contributed by atoms with van der Waals surface area (Å²) in [5, 5.41) is 22.5. The molecule has 1 saturated carbocycles. The van der Waals surface area contributed by atoms with Gasteiger partial charge in [0.15, 0.2) is 11.6 Å². The van der Waals surface area contributed by atoms with Crippen LogP contribution in [0, 0.1) is 5.82 Å². The highest BCUT2D eigenvalue weighted by Crippen LogP contribution is 2.44. The smallest absolute Gasteiger partial charge is 0.341 e. The molecular formula is C19H22FN3O5. The van der Waals surface area contributed by atoms with Crippen molar-refractivity contribution >= 4 is 22.6 Å². The van der Waals surface area contributed by atoms with Crippen LogP contribution in [-0.2, 0) is 0 Å². The predicted octanol–water partition coefficient (Wildman–Crippen LogP) is 0.951. The lowest BCUT2D eigenvalue weighted by Gasteiger charge is -2.35. The largest absolute Gasteiger partial charge is 0.492 e. The number of piperazine rings is 1. The van der Waals surface area contributed by atoms with Crippen LogP contribution in [0.2, 0.25) is 0 Å². The van der Waals surface area contributed by atoms with Gasteiger partial charge in [-0.3, -0.25) is 4.79 Å². The number of carboxylic acid groups (broad SMARTS) is 1. The second-order valence-corrected chi connectivity index (χ2v) is 7.39. The summed E-state index contributed by atoms with van der Waals surface area (Å²) in [6, 6.07) is 0.852. The predicted molar refractivity (Wildman–Crippen MR) is 101 cm³/mol. The quantitative estimate of drug-likeness (QED) is 0.713. The molecule has 4 rings (SSSR count). The molecule has 2 fully saturated rings. The number of ether oxygens (including phenoxy) is 1. The molecule has 9 heteroatoms. The molecule has 0 bridgehead atoms. The Morgan fingerprint density at radius 1 is 1.43 bits per heavy atom. The van der Waals surface area contributed by atoms with E-state index in [0.29, 0.717) is 31.6 Å². The minimum Gasteiger partial charge on any atom is -0.492 e. The van der Waals surface area contributed by atoms with Gasteiger partial charge in [-0.1, -0.05) is 0 Å². The van der Waals surface area contributed by atoms with Crippen molar-refractivity contribution in [2.24, 2.45) is 0 Å². The van der Waals surface area contributed by atoms with Crippen LogP contribution in [0.3, 0.4) is 0 Å². The standard InChI is InChI=1S/C19H22FN3O5/c1-9-7-22(4-3-21-9)16-12(20)5-10-15(18(16)28-2)23(13-6-14(13)24)8-11(17(10)25)19(26)27/h5,8-9,13-14,21,24H,3-4,6-7H2,1-2H3,(H,26,27). The molecule has 2 heterocycles. The number of anilines is 1. The van der Waals surface area contributed by atoms with Crippen LogP contribution in [0.15, 0.2) is 17.1 Å². The Labute approximate surface area is 160 Å². The van der Waals surface area contributed by atoms with E-state index in [9.17, 15) is 19.8 Å². The van der Waals surface area contributed by atoms with Gasteiger partial charge >= 0.3 is 5.97 Å². The van der Waals surface area contributed by atoms with Gasteiger partial charge < -0.3 is 29.7 Å². The minimum absolute atomic E-state index is 0.0692. The Kier molecular flexibility index (Phi) is 4.51. The average molecular weight is 391 g/mol. The number of rotatable bonds is 4. The van der Waals surface area contributed by atoms with Gasteiger partial charge in [0.25, 0.3) is 0 Å². The lowest BCUT2D eigenvalue weighted by molar-refractivity contribution is 0.0694. The van der Waals surface area contributed by atoms with Crippen LogP contribution in [-0.4, -0.2) is 59.6 Å². The van der Waals surface area contributed by atoms with Crippen LogP contribution in [0.25, 0.3) is 10.9 Å². The number of pyridine rings is 1. The fraction of sp³-hybridized carbons (Fsp3) is 0.474. The number of aromatic carboxylic acids is 1. The number of aromatic nitrogens is 1. The van der Waals surface area contributed by atoms with Crippen molar-refractivity contribution in [2.45, 2.75) is 31.5 Å². The van der Waals surface area contributed by atoms with E-state index in [1.807, 2.05) is 11.8 Å². The van der Waals surface area contributed by atoms with E-state index in [1.54, 1.807) is 0 Å². The first-order valence-corrected chi connectivity index (χ1v) is 9.18. The number of hydrogen-bond acceptors (Lipinski definition) is 6. The van der Waals surface area contributed by atoms with Crippen LogP contribution >= 0.6 is 0 Å². The summed E-state index contributed by atoms with van der Waals surface area (Å²) in [4.78, 5) is 26.1. The van der Waals surface area contributed by atoms with Crippen LogP contribution in [0.5, 0.6) is 5.75 Å². The van der Waals surface area contributed by atoms with Gasteiger partial charge in [-0.25, -0.2) is 9.18 Å². The van der Waals surface area contributed by atoms with E-state index in [-0.39, 0.29) is 28.9 Å². The van der Waals surface area contributed by atoms with Crippen molar-refractivity contribution in [2.75, 3.05) is 31.6 Å². The fourth-order valence-electron chi connectivity index (χ4n) is 3.95. The zero-order valence-corrected chi connectivity index (χ0v) is 15.6. The maximum atomic E-state index is 15.1. The second kappa shape index (κ2) is 6.75. The summed E-state index contributed by atoms with van der Waals surface area (Å²) in [6.45, 7) is 3.79. The van der Waals surface area contributed by atoms with Crippen molar-refractivity contribution in [3.05, 3.63) is 33.9 Å². The first-order valence-electron chi connectivity index (χ1n) is 9.18. The molecule has 3 atom stereocenters. The topological polar surface area (TPSA) is 104 Å². The average Bonchev–Trinajstić information content (AvgIpc) is 3.37. The summed E-state index contributed by atoms with van der Waals surface area (Å²) in [6.07, 6.45) is 1.00. The Balaban J connectivity index is 2.03. The van der Waals surface area contributed by atoms with Crippen molar-refractivity contribution in [3.8, 4) is 5.75 Å². The second-order valence-electron chi connectivity index (χ2n) is 7.39. The first kappa shape index (κ1) is 18.7. The van der Waals surface area contributed by atoms with Gasteiger partial charge in [0.2, 0.25) is 5.43 Å². The van der Waals surface area contributed by atoms with E-state index in [0.717, 1.165) is 6.07 Å². The summed E-state index contributed by atoms with van der Waals surface area (Å²) in [7, 11) is 1.40. The number of benzene rings is 1. The lowest BCUT2D eigenvalue weighted by atomic mass is 10.1. The number of aliphatic hydroxyl groups excluding tert-OH is 1. The zero-order valence-electron chi connectivity index (χ0n) is 15.6. The number of carbonyl (C=O) groups is 1. The Morgan fingerprint density at radius 2 is 2.14 bits per heavy atom. The Bertz CT molecular complexity index is 1020. The van der Waals surface area contributed by atoms with Gasteiger partial charge in [0.05, 0.1) is 30.2 Å². The van der Waals surface area contributed by atoms with E-state index >= 15 is 4.39 Å². The van der Waals surface area contributed by atoms with Gasteiger partial charge in [0, 0.05) is 31.9 Å². The van der Waals surface area contributed by atoms with Gasteiger partial charge in [-0.15, -0.1) is 0 Å². The number of nitrogens with zero attached hydrogens (tertiary/aromatic N) is 2. The molecule has 150 valence electrons. The summed E-state index contributed by atoms with van der Waals surface area (Å²) < 4.78 is 22.2. The fourth-order valence-corrected chi connectivity index (χ4v) is 3.95. The highest BCUT2D eigenvalue weighted by molar-refractivity contribution is 5.97. The molecule has 1 aliphatic carbocycles. The number of halogens is 1. The third-order valence-electron chi connectivity index (χ3n) is 5.40. The third kappa shape index (κ3) is 2.91. The van der Waals surface area contributed by atoms with Crippen molar-refractivity contribution < 1.29 is 24.1 Å². The highest BCUT2D eigenvalue weighted by Gasteiger charge is 2.39. The molecule has 0 spiro atoms. The van der Waals surface area contributed by atoms with Crippen molar-refractivity contribution in [1.29, 1.82) is 0 Å². The maximum Gasteiger partial charge on any atom is 0.341 e. The maximum absolute atomic E-state index is 15.1. The first-order chi connectivity index (χ1) is 13.3. The van der Waals surface area contributed by atoms with Crippen LogP contribution < -0.4 is 20.4 Å². The number of methoxy groups -OCH3 is 1. The monoisotopic (exact) mass is 391 g/mol. The molecule has 28 heavy (non-hydrogen) atoms. The Morgan fingerprint density at radius 3 is 2.71 bits per heavy atom. The van der Waals surface area contributed by atoms with Crippen LogP contribution in [0.1, 0.15) is 29.7 Å². The van der Waals surface area contributed by atoms with Crippen molar-refractivity contribution in [1.82, 2.24) is 9.88 Å². The molecule has 3 N–H and O–H groups in total. The number of carboxylic acids is 1. The molecule has 1 saturated heterocycles. The van der Waals surface area contributed by atoms with E-state index in [1.165, 1.54) is 17.9 Å². The number of hydrogen-bond donors (Lipinski definition) is 3. The number of nitrogens with one attached hydrogen (secondary N) is 1. The Hall–Kier alpha value is -2.65. The summed E-state index contributed by atoms with van der Waals surface area (Å²) >= 11 is 0. The zero-order chi connectivity index (χ0) is 20.2. The molecule has 1 aromatic heterocycles. The number of fused-ring (bicyclic) bond motifs is 1. The summed E-state index contributed by atoms with van der Waals surface area (Å²) in [5.41, 5.74) is -0.681. The van der Waals surface area contributed by atoms with Gasteiger partial charge in [-0.05, 0) is 19.4 Å². The minimum atomic E-state index is -1.39.